The molecule has 0 radical (unpaired) electrons. The van der Waals surface area contributed by atoms with E-state index in [0.29, 0.717) is 0 Å². The van der Waals surface area contributed by atoms with Crippen LogP contribution in [0.2, 0.25) is 0 Å². The van der Waals surface area contributed by atoms with Gasteiger partial charge in [-0.3, -0.25) is 15.0 Å². The number of non-ortho nitro benzene ring substituents is 1. The van der Waals surface area contributed by atoms with Crippen LogP contribution in [0, 0.1) is 10.1 Å². The van der Waals surface area contributed by atoms with E-state index in [4.69, 9.17) is 5.11 Å². The van der Waals surface area contributed by atoms with Crippen LogP contribution in [-0.2, 0) is 13.2 Å². The quantitative estimate of drug-likeness (QED) is 0.674. The van der Waals surface area contributed by atoms with Gasteiger partial charge in [-0.1, -0.05) is 30.3 Å². The number of hydrogen-bond donors (Lipinski definition) is 1. The van der Waals surface area contributed by atoms with Crippen LogP contribution in [0.4, 0.5) is 11.4 Å². The second kappa shape index (κ2) is 7.42. The molecule has 0 spiro atoms. The lowest BCUT2D eigenvalue weighted by atomic mass is 10.1. The van der Waals surface area contributed by atoms with Gasteiger partial charge < -0.3 is 10.0 Å². The van der Waals surface area contributed by atoms with Crippen molar-refractivity contribution >= 4 is 11.4 Å². The third-order valence-electron chi connectivity index (χ3n) is 4.39. The van der Waals surface area contributed by atoms with E-state index < -0.39 is 0 Å². The zero-order chi connectivity index (χ0) is 16.9. The Hall–Kier alpha value is -2.44. The van der Waals surface area contributed by atoms with Gasteiger partial charge in [-0.15, -0.1) is 0 Å². The SMILES string of the molecule is O=[N+]([O-])c1cccc(N2CCN(Cc3ccc(CO)cc3)CC2)c1. The van der Waals surface area contributed by atoms with E-state index in [2.05, 4.69) is 21.9 Å². The molecule has 2 aromatic carbocycles. The van der Waals surface area contributed by atoms with Crippen LogP contribution < -0.4 is 4.90 Å². The van der Waals surface area contributed by atoms with Crippen molar-refractivity contribution in [1.29, 1.82) is 0 Å². The van der Waals surface area contributed by atoms with Gasteiger partial charge in [0.2, 0.25) is 0 Å². The van der Waals surface area contributed by atoms with Gasteiger partial charge in [0.15, 0.2) is 0 Å². The number of aliphatic hydroxyl groups excluding tert-OH is 1. The van der Waals surface area contributed by atoms with Crippen LogP contribution in [0.3, 0.4) is 0 Å². The molecule has 1 aliphatic heterocycles. The van der Waals surface area contributed by atoms with Gasteiger partial charge in [0.25, 0.3) is 5.69 Å². The molecule has 1 fully saturated rings. The number of anilines is 1. The number of hydrogen-bond acceptors (Lipinski definition) is 5. The molecule has 0 amide bonds. The highest BCUT2D eigenvalue weighted by Crippen LogP contribution is 2.22. The molecule has 3 rings (SSSR count). The van der Waals surface area contributed by atoms with Crippen molar-refractivity contribution in [1.82, 2.24) is 4.90 Å². The molecular weight excluding hydrogens is 306 g/mol. The Labute approximate surface area is 141 Å². The predicted octanol–water partition coefficient (Wildman–Crippen LogP) is 2.41. The number of nitro benzene ring substituents is 1. The fraction of sp³-hybridized carbons (Fsp3) is 0.333. The Morgan fingerprint density at radius 1 is 1.00 bits per heavy atom. The van der Waals surface area contributed by atoms with Crippen LogP contribution in [-0.4, -0.2) is 41.1 Å². The molecule has 1 N–H and O–H groups in total. The van der Waals surface area contributed by atoms with E-state index in [0.717, 1.165) is 44.0 Å². The van der Waals surface area contributed by atoms with Gasteiger partial charge in [0.1, 0.15) is 0 Å². The van der Waals surface area contributed by atoms with Crippen molar-refractivity contribution in [2.75, 3.05) is 31.1 Å². The molecule has 0 aromatic heterocycles. The Morgan fingerprint density at radius 2 is 1.67 bits per heavy atom. The lowest BCUT2D eigenvalue weighted by Crippen LogP contribution is -2.45. The monoisotopic (exact) mass is 327 g/mol. The Bertz CT molecular complexity index is 695. The van der Waals surface area contributed by atoms with E-state index in [1.165, 1.54) is 11.6 Å². The highest BCUT2D eigenvalue weighted by Gasteiger charge is 2.18. The number of piperazine rings is 1. The Morgan fingerprint density at radius 3 is 2.29 bits per heavy atom. The zero-order valence-corrected chi connectivity index (χ0v) is 13.5. The summed E-state index contributed by atoms with van der Waals surface area (Å²) >= 11 is 0. The van der Waals surface area contributed by atoms with Gasteiger partial charge in [-0.25, -0.2) is 0 Å². The van der Waals surface area contributed by atoms with E-state index in [1.807, 2.05) is 18.2 Å². The highest BCUT2D eigenvalue weighted by molar-refractivity contribution is 5.53. The molecule has 1 heterocycles. The van der Waals surface area contributed by atoms with E-state index in [9.17, 15) is 10.1 Å². The summed E-state index contributed by atoms with van der Waals surface area (Å²) in [6.45, 7) is 4.51. The van der Waals surface area contributed by atoms with E-state index in [-0.39, 0.29) is 17.2 Å². The summed E-state index contributed by atoms with van der Waals surface area (Å²) < 4.78 is 0. The summed E-state index contributed by atoms with van der Waals surface area (Å²) in [6, 6.07) is 14.8. The molecule has 0 unspecified atom stereocenters. The minimum absolute atomic E-state index is 0.0716. The molecule has 0 atom stereocenters. The molecule has 126 valence electrons. The topological polar surface area (TPSA) is 69.9 Å². The maximum Gasteiger partial charge on any atom is 0.271 e. The number of rotatable bonds is 5. The average molecular weight is 327 g/mol. The molecular formula is C18H21N3O3. The Balaban J connectivity index is 1.57. The maximum atomic E-state index is 10.9. The molecule has 1 aliphatic rings. The van der Waals surface area contributed by atoms with Crippen molar-refractivity contribution in [2.24, 2.45) is 0 Å². The first-order valence-corrected chi connectivity index (χ1v) is 8.06. The minimum Gasteiger partial charge on any atom is -0.392 e. The van der Waals surface area contributed by atoms with Crippen LogP contribution in [0.25, 0.3) is 0 Å². The second-order valence-electron chi connectivity index (χ2n) is 6.01. The van der Waals surface area contributed by atoms with Crippen LogP contribution in [0.5, 0.6) is 0 Å². The van der Waals surface area contributed by atoms with Crippen molar-refractivity contribution in [3.05, 3.63) is 69.8 Å². The Kier molecular flexibility index (Phi) is 5.08. The summed E-state index contributed by atoms with van der Waals surface area (Å²) in [5, 5.41) is 20.0. The van der Waals surface area contributed by atoms with E-state index in [1.54, 1.807) is 12.1 Å². The fourth-order valence-electron chi connectivity index (χ4n) is 2.98. The molecule has 0 bridgehead atoms. The fourth-order valence-corrected chi connectivity index (χ4v) is 2.98. The highest BCUT2D eigenvalue weighted by atomic mass is 16.6. The maximum absolute atomic E-state index is 10.9. The lowest BCUT2D eigenvalue weighted by Gasteiger charge is -2.36. The van der Waals surface area contributed by atoms with Crippen molar-refractivity contribution in [3.63, 3.8) is 0 Å². The standard InChI is InChI=1S/C18H21N3O3/c22-14-16-6-4-15(5-7-16)13-19-8-10-20(11-9-19)17-2-1-3-18(12-17)21(23)24/h1-7,12,22H,8-11,13-14H2. The van der Waals surface area contributed by atoms with Gasteiger partial charge in [0.05, 0.1) is 11.5 Å². The van der Waals surface area contributed by atoms with Crippen LogP contribution >= 0.6 is 0 Å². The molecule has 24 heavy (non-hydrogen) atoms. The first-order valence-electron chi connectivity index (χ1n) is 8.06. The van der Waals surface area contributed by atoms with Gasteiger partial charge in [0, 0.05) is 50.5 Å². The van der Waals surface area contributed by atoms with Gasteiger partial charge >= 0.3 is 0 Å². The zero-order valence-electron chi connectivity index (χ0n) is 13.5. The third kappa shape index (κ3) is 3.90. The van der Waals surface area contributed by atoms with Crippen molar-refractivity contribution in [2.45, 2.75) is 13.2 Å². The molecule has 6 nitrogen and oxygen atoms in total. The second-order valence-corrected chi connectivity index (χ2v) is 6.01. The third-order valence-corrected chi connectivity index (χ3v) is 4.39. The molecule has 1 saturated heterocycles. The minimum atomic E-state index is -0.351. The largest absolute Gasteiger partial charge is 0.392 e. The van der Waals surface area contributed by atoms with Crippen LogP contribution in [0.1, 0.15) is 11.1 Å². The number of nitro groups is 1. The molecule has 0 saturated carbocycles. The summed E-state index contributed by atoms with van der Waals surface area (Å²) in [5.41, 5.74) is 3.21. The van der Waals surface area contributed by atoms with Crippen molar-refractivity contribution in [3.8, 4) is 0 Å². The smallest absolute Gasteiger partial charge is 0.271 e. The summed E-state index contributed by atoms with van der Waals surface area (Å²) in [7, 11) is 0. The summed E-state index contributed by atoms with van der Waals surface area (Å²) in [6.07, 6.45) is 0. The number of nitrogens with zero attached hydrogens (tertiary/aromatic N) is 3. The first-order chi connectivity index (χ1) is 11.7. The normalized spacial score (nSPS) is 15.5. The summed E-state index contributed by atoms with van der Waals surface area (Å²) in [4.78, 5) is 15.1. The average Bonchev–Trinajstić information content (AvgIpc) is 2.63. The van der Waals surface area contributed by atoms with Crippen molar-refractivity contribution < 1.29 is 10.0 Å². The summed E-state index contributed by atoms with van der Waals surface area (Å²) in [5.74, 6) is 0. The molecule has 6 heteroatoms. The van der Waals surface area contributed by atoms with Gasteiger partial charge in [-0.2, -0.15) is 0 Å². The molecule has 2 aromatic rings. The van der Waals surface area contributed by atoms with Crippen LogP contribution in [0.15, 0.2) is 48.5 Å². The number of aliphatic hydroxyl groups is 1. The predicted molar refractivity (Wildman–Crippen MR) is 93.0 cm³/mol. The van der Waals surface area contributed by atoms with Gasteiger partial charge in [-0.05, 0) is 17.2 Å². The first kappa shape index (κ1) is 16.4. The number of benzene rings is 2. The van der Waals surface area contributed by atoms with E-state index >= 15 is 0 Å². The molecule has 0 aliphatic carbocycles. The lowest BCUT2D eigenvalue weighted by molar-refractivity contribution is -0.384.